The zero-order valence-corrected chi connectivity index (χ0v) is 14.0. The van der Waals surface area contributed by atoms with E-state index in [1.165, 1.54) is 6.20 Å². The van der Waals surface area contributed by atoms with Crippen LogP contribution >= 0.6 is 0 Å². The van der Waals surface area contributed by atoms with Gasteiger partial charge in [-0.3, -0.25) is 14.6 Å². The van der Waals surface area contributed by atoms with E-state index < -0.39 is 0 Å². The summed E-state index contributed by atoms with van der Waals surface area (Å²) in [6.45, 7) is 0.284. The van der Waals surface area contributed by atoms with Crippen molar-refractivity contribution in [2.75, 3.05) is 11.1 Å². The molecule has 0 aliphatic heterocycles. The van der Waals surface area contributed by atoms with Crippen LogP contribution in [0.5, 0.6) is 0 Å². The molecule has 1 heterocycles. The molecule has 6 heteroatoms. The van der Waals surface area contributed by atoms with Crippen molar-refractivity contribution in [2.45, 2.75) is 6.54 Å². The number of nitrogens with two attached hydrogens (primary N) is 1. The smallest absolute Gasteiger partial charge is 0.257 e. The van der Waals surface area contributed by atoms with Crippen LogP contribution in [-0.4, -0.2) is 16.8 Å². The highest BCUT2D eigenvalue weighted by atomic mass is 16.2. The van der Waals surface area contributed by atoms with Crippen LogP contribution in [0.4, 0.5) is 11.4 Å². The molecule has 1 aromatic heterocycles. The molecule has 0 saturated carbocycles. The predicted octanol–water partition coefficient (Wildman–Crippen LogP) is 2.85. The molecule has 0 radical (unpaired) electrons. The lowest BCUT2D eigenvalue weighted by molar-refractivity contribution is 0.0950. The Labute approximate surface area is 151 Å². The molecule has 2 aromatic carbocycles. The minimum atomic E-state index is -0.254. The lowest BCUT2D eigenvalue weighted by Gasteiger charge is -2.12. The predicted molar refractivity (Wildman–Crippen MR) is 101 cm³/mol. The topological polar surface area (TPSA) is 97.1 Å². The van der Waals surface area contributed by atoms with Crippen LogP contribution in [-0.2, 0) is 6.54 Å². The van der Waals surface area contributed by atoms with E-state index in [0.29, 0.717) is 22.5 Å². The fourth-order valence-electron chi connectivity index (χ4n) is 2.40. The molecule has 0 spiro atoms. The zero-order chi connectivity index (χ0) is 18.4. The van der Waals surface area contributed by atoms with Gasteiger partial charge in [0, 0.05) is 35.9 Å². The summed E-state index contributed by atoms with van der Waals surface area (Å²) in [7, 11) is 0. The number of amides is 2. The molecule has 0 aliphatic rings. The Kier molecular flexibility index (Phi) is 5.24. The summed E-state index contributed by atoms with van der Waals surface area (Å²) < 4.78 is 0. The second-order valence-corrected chi connectivity index (χ2v) is 5.66. The molecule has 0 atom stereocenters. The average molecular weight is 346 g/mol. The summed E-state index contributed by atoms with van der Waals surface area (Å²) in [5, 5.41) is 5.70. The number of pyridine rings is 1. The van der Waals surface area contributed by atoms with E-state index in [2.05, 4.69) is 15.6 Å². The summed E-state index contributed by atoms with van der Waals surface area (Å²) >= 11 is 0. The molecule has 3 aromatic rings. The number of nitrogens with one attached hydrogen (secondary N) is 2. The first-order chi connectivity index (χ1) is 12.6. The quantitative estimate of drug-likeness (QED) is 0.619. The van der Waals surface area contributed by atoms with Crippen molar-refractivity contribution in [2.24, 2.45) is 0 Å². The summed E-state index contributed by atoms with van der Waals surface area (Å²) in [5.41, 5.74) is 8.66. The second kappa shape index (κ2) is 7.94. The van der Waals surface area contributed by atoms with Crippen LogP contribution in [0.3, 0.4) is 0 Å². The Bertz CT molecular complexity index is 909. The number of para-hydroxylation sites is 1. The van der Waals surface area contributed by atoms with Crippen molar-refractivity contribution in [3.63, 3.8) is 0 Å². The number of carbonyl (C=O) groups excluding carboxylic acids is 2. The maximum absolute atomic E-state index is 12.3. The van der Waals surface area contributed by atoms with Crippen LogP contribution in [0.15, 0.2) is 73.1 Å². The van der Waals surface area contributed by atoms with Crippen LogP contribution < -0.4 is 16.4 Å². The molecule has 2 amide bonds. The molecular formula is C20H18N4O2. The van der Waals surface area contributed by atoms with E-state index >= 15 is 0 Å². The van der Waals surface area contributed by atoms with Crippen LogP contribution in [0.25, 0.3) is 0 Å². The van der Waals surface area contributed by atoms with Crippen molar-refractivity contribution in [1.29, 1.82) is 0 Å². The van der Waals surface area contributed by atoms with Crippen molar-refractivity contribution in [3.8, 4) is 0 Å². The van der Waals surface area contributed by atoms with Gasteiger partial charge in [0.2, 0.25) is 0 Å². The fraction of sp³-hybridized carbons (Fsp3) is 0.0500. The third-order valence-corrected chi connectivity index (χ3v) is 3.80. The molecule has 130 valence electrons. The number of nitrogen functional groups attached to an aromatic ring is 1. The molecule has 0 saturated heterocycles. The Balaban J connectivity index is 1.68. The van der Waals surface area contributed by atoms with Crippen molar-refractivity contribution < 1.29 is 9.59 Å². The van der Waals surface area contributed by atoms with Gasteiger partial charge in [0.25, 0.3) is 11.8 Å². The average Bonchev–Trinajstić information content (AvgIpc) is 2.68. The van der Waals surface area contributed by atoms with Crippen molar-refractivity contribution >= 4 is 23.2 Å². The monoisotopic (exact) mass is 346 g/mol. The second-order valence-electron chi connectivity index (χ2n) is 5.66. The Hall–Kier alpha value is -3.67. The third kappa shape index (κ3) is 4.24. The number of rotatable bonds is 5. The molecule has 0 bridgehead atoms. The number of nitrogens with zero attached hydrogens (tertiary/aromatic N) is 1. The number of carbonyl (C=O) groups is 2. The maximum atomic E-state index is 12.3. The van der Waals surface area contributed by atoms with Crippen molar-refractivity contribution in [3.05, 3.63) is 89.7 Å². The highest BCUT2D eigenvalue weighted by molar-refractivity contribution is 6.04. The third-order valence-electron chi connectivity index (χ3n) is 3.80. The van der Waals surface area contributed by atoms with Gasteiger partial charge in [0.1, 0.15) is 0 Å². The van der Waals surface area contributed by atoms with Gasteiger partial charge in [-0.15, -0.1) is 0 Å². The minimum absolute atomic E-state index is 0.210. The lowest BCUT2D eigenvalue weighted by Crippen LogP contribution is -2.24. The summed E-state index contributed by atoms with van der Waals surface area (Å²) in [6.07, 6.45) is 3.11. The Morgan fingerprint density at radius 3 is 2.38 bits per heavy atom. The van der Waals surface area contributed by atoms with E-state index in [4.69, 9.17) is 5.73 Å². The normalized spacial score (nSPS) is 10.2. The van der Waals surface area contributed by atoms with Gasteiger partial charge in [-0.1, -0.05) is 18.2 Å². The molecule has 0 fully saturated rings. The van der Waals surface area contributed by atoms with Gasteiger partial charge in [-0.05, 0) is 48.0 Å². The molecular weight excluding hydrogens is 328 g/mol. The number of anilines is 2. The van der Waals surface area contributed by atoms with Gasteiger partial charge in [0.15, 0.2) is 0 Å². The maximum Gasteiger partial charge on any atom is 0.257 e. The first-order valence-electron chi connectivity index (χ1n) is 8.06. The van der Waals surface area contributed by atoms with Crippen LogP contribution in [0.1, 0.15) is 26.3 Å². The molecule has 26 heavy (non-hydrogen) atoms. The number of benzene rings is 2. The molecule has 6 nitrogen and oxygen atoms in total. The van der Waals surface area contributed by atoms with E-state index in [-0.39, 0.29) is 18.4 Å². The van der Waals surface area contributed by atoms with Crippen molar-refractivity contribution in [1.82, 2.24) is 10.3 Å². The molecule has 0 aliphatic carbocycles. The fourth-order valence-corrected chi connectivity index (χ4v) is 2.40. The van der Waals surface area contributed by atoms with Gasteiger partial charge in [0.05, 0.1) is 5.56 Å². The number of aromatic nitrogens is 1. The highest BCUT2D eigenvalue weighted by Gasteiger charge is 2.10. The number of hydrogen-bond acceptors (Lipinski definition) is 4. The SMILES string of the molecule is Nc1ccc(C(=O)NCc2ccccc2NC(=O)c2cccnc2)cc1. The van der Waals surface area contributed by atoms with E-state index in [0.717, 1.165) is 5.56 Å². The van der Waals surface area contributed by atoms with Crippen LogP contribution in [0, 0.1) is 0 Å². The largest absolute Gasteiger partial charge is 0.399 e. The van der Waals surface area contributed by atoms with E-state index in [9.17, 15) is 9.59 Å². The summed E-state index contributed by atoms with van der Waals surface area (Å²) in [4.78, 5) is 28.5. The molecule has 0 unspecified atom stereocenters. The Morgan fingerprint density at radius 2 is 1.65 bits per heavy atom. The highest BCUT2D eigenvalue weighted by Crippen LogP contribution is 2.16. The first-order valence-corrected chi connectivity index (χ1v) is 8.06. The van der Waals surface area contributed by atoms with Gasteiger partial charge in [-0.2, -0.15) is 0 Å². The standard InChI is InChI=1S/C20H18N4O2/c21-17-9-7-14(8-10-17)19(25)23-13-15-4-1-2-6-18(15)24-20(26)16-5-3-11-22-12-16/h1-12H,13,21H2,(H,23,25)(H,24,26). The van der Waals surface area contributed by atoms with Gasteiger partial charge in [-0.25, -0.2) is 0 Å². The van der Waals surface area contributed by atoms with Gasteiger partial charge >= 0.3 is 0 Å². The lowest BCUT2D eigenvalue weighted by atomic mass is 10.1. The molecule has 3 rings (SSSR count). The van der Waals surface area contributed by atoms with E-state index in [1.807, 2.05) is 18.2 Å². The van der Waals surface area contributed by atoms with E-state index in [1.54, 1.807) is 48.7 Å². The minimum Gasteiger partial charge on any atom is -0.399 e. The molecule has 4 N–H and O–H groups in total. The zero-order valence-electron chi connectivity index (χ0n) is 14.0. The summed E-state index contributed by atoms with van der Waals surface area (Å²) in [5.74, 6) is -0.464. The van der Waals surface area contributed by atoms with Crippen LogP contribution in [0.2, 0.25) is 0 Å². The van der Waals surface area contributed by atoms with Gasteiger partial charge < -0.3 is 16.4 Å². The Morgan fingerprint density at radius 1 is 0.885 bits per heavy atom. The first kappa shape index (κ1) is 17.2. The number of hydrogen-bond donors (Lipinski definition) is 3. The summed E-state index contributed by atoms with van der Waals surface area (Å²) in [6, 6.07) is 17.4.